The number of aryl methyl sites for hydroxylation is 3. The summed E-state index contributed by atoms with van der Waals surface area (Å²) in [6.45, 7) is 4.84. The highest BCUT2D eigenvalue weighted by molar-refractivity contribution is 7.16. The van der Waals surface area contributed by atoms with Crippen molar-refractivity contribution in [1.82, 2.24) is 4.57 Å². The predicted molar refractivity (Wildman–Crippen MR) is 165 cm³/mol. The number of para-hydroxylation sites is 1. The molecule has 1 aliphatic rings. The molecular weight excluding hydrogens is 522 g/mol. The van der Waals surface area contributed by atoms with Gasteiger partial charge in [0, 0.05) is 51.0 Å². The molecule has 6 rings (SSSR count). The summed E-state index contributed by atoms with van der Waals surface area (Å²) in [5.41, 5.74) is 8.35. The Hall–Kier alpha value is -3.67. The van der Waals surface area contributed by atoms with E-state index in [0.717, 1.165) is 81.1 Å². The van der Waals surface area contributed by atoms with Crippen molar-refractivity contribution in [3.05, 3.63) is 116 Å². The van der Waals surface area contributed by atoms with Crippen LogP contribution in [0.3, 0.4) is 0 Å². The van der Waals surface area contributed by atoms with Crippen LogP contribution in [0.4, 0.5) is 10.7 Å². The van der Waals surface area contributed by atoms with E-state index in [9.17, 15) is 4.79 Å². The van der Waals surface area contributed by atoms with Crippen LogP contribution < -0.4 is 5.32 Å². The monoisotopic (exact) mass is 551 g/mol. The number of thiophene rings is 1. The maximum atomic E-state index is 13.7. The summed E-state index contributed by atoms with van der Waals surface area (Å²) in [4.78, 5) is 19.9. The summed E-state index contributed by atoms with van der Waals surface area (Å²) in [6.07, 6.45) is 8.27. The van der Waals surface area contributed by atoms with Crippen molar-refractivity contribution in [2.24, 2.45) is 4.99 Å². The lowest BCUT2D eigenvalue weighted by Gasteiger charge is -2.13. The Morgan fingerprint density at radius 2 is 1.77 bits per heavy atom. The highest BCUT2D eigenvalue weighted by Crippen LogP contribution is 2.40. The molecule has 0 unspecified atom stereocenters. The van der Waals surface area contributed by atoms with E-state index in [0.29, 0.717) is 0 Å². The van der Waals surface area contributed by atoms with Crippen LogP contribution in [0.25, 0.3) is 10.9 Å². The Labute approximate surface area is 238 Å². The fraction of sp³-hybridized carbons (Fsp3) is 0.212. The first-order valence-electron chi connectivity index (χ1n) is 13.3. The lowest BCUT2D eigenvalue weighted by atomic mass is 9.95. The molecule has 0 saturated carbocycles. The van der Waals surface area contributed by atoms with E-state index < -0.39 is 0 Å². The van der Waals surface area contributed by atoms with Gasteiger partial charge in [-0.05, 0) is 92.1 Å². The van der Waals surface area contributed by atoms with Crippen molar-refractivity contribution in [2.75, 3.05) is 5.32 Å². The molecule has 0 saturated heterocycles. The second kappa shape index (κ2) is 10.8. The van der Waals surface area contributed by atoms with Crippen molar-refractivity contribution in [1.29, 1.82) is 0 Å². The quantitative estimate of drug-likeness (QED) is 0.210. The first-order valence-corrected chi connectivity index (χ1v) is 14.5. The highest BCUT2D eigenvalue weighted by atomic mass is 35.5. The zero-order valence-corrected chi connectivity index (χ0v) is 23.7. The number of hydrogen-bond donors (Lipinski definition) is 1. The Bertz CT molecular complexity index is 1690. The fourth-order valence-electron chi connectivity index (χ4n) is 5.54. The number of benzene rings is 3. The van der Waals surface area contributed by atoms with Crippen LogP contribution in [0.2, 0.25) is 5.02 Å². The SMILES string of the molecule is Cc1cc(C)cc(NC(=O)c2c(N=Cc3cn(Cc4ccc(Cl)cc4)c4ccccc34)sc3c2CCCC3)c1. The highest BCUT2D eigenvalue weighted by Gasteiger charge is 2.25. The first kappa shape index (κ1) is 25.6. The number of fused-ring (bicyclic) bond motifs is 2. The average molecular weight is 552 g/mol. The molecule has 0 spiro atoms. The van der Waals surface area contributed by atoms with Gasteiger partial charge in [-0.2, -0.15) is 0 Å². The zero-order chi connectivity index (χ0) is 26.9. The maximum absolute atomic E-state index is 13.7. The van der Waals surface area contributed by atoms with Crippen molar-refractivity contribution in [3.63, 3.8) is 0 Å². The van der Waals surface area contributed by atoms with Crippen LogP contribution in [0.5, 0.6) is 0 Å². The number of hydrogen-bond acceptors (Lipinski definition) is 3. The van der Waals surface area contributed by atoms with E-state index in [1.807, 2.05) is 44.3 Å². The van der Waals surface area contributed by atoms with Crippen molar-refractivity contribution >= 4 is 56.7 Å². The first-order chi connectivity index (χ1) is 18.9. The topological polar surface area (TPSA) is 46.4 Å². The molecule has 39 heavy (non-hydrogen) atoms. The van der Waals surface area contributed by atoms with Gasteiger partial charge < -0.3 is 9.88 Å². The van der Waals surface area contributed by atoms with Crippen LogP contribution in [0.15, 0.2) is 77.9 Å². The van der Waals surface area contributed by atoms with Gasteiger partial charge in [0.2, 0.25) is 0 Å². The van der Waals surface area contributed by atoms with Gasteiger partial charge >= 0.3 is 0 Å². The van der Waals surface area contributed by atoms with Gasteiger partial charge in [-0.25, -0.2) is 4.99 Å². The standard InChI is InChI=1S/C33H30ClN3OS/c1-21-15-22(2)17-26(16-21)36-32(38)31-28-8-4-6-10-30(28)39-33(31)35-18-24-20-37(29-9-5-3-7-27(24)29)19-23-11-13-25(34)14-12-23/h3,5,7,9,11-18,20H,4,6,8,10,19H2,1-2H3,(H,36,38). The Kier molecular flexibility index (Phi) is 7.11. The predicted octanol–water partition coefficient (Wildman–Crippen LogP) is 8.90. The summed E-state index contributed by atoms with van der Waals surface area (Å²) >= 11 is 7.76. The molecule has 196 valence electrons. The summed E-state index contributed by atoms with van der Waals surface area (Å²) in [5.74, 6) is -0.0725. The number of anilines is 1. The number of aromatic nitrogens is 1. The molecule has 5 aromatic rings. The number of aliphatic imine (C=N–C) groups is 1. The van der Waals surface area contributed by atoms with E-state index in [-0.39, 0.29) is 5.91 Å². The molecule has 4 nitrogen and oxygen atoms in total. The van der Waals surface area contributed by atoms with Gasteiger partial charge in [0.25, 0.3) is 5.91 Å². The number of nitrogens with one attached hydrogen (secondary N) is 1. The molecule has 0 radical (unpaired) electrons. The normalized spacial score (nSPS) is 13.2. The third-order valence-corrected chi connectivity index (χ3v) is 8.72. The zero-order valence-electron chi connectivity index (χ0n) is 22.1. The third-order valence-electron chi connectivity index (χ3n) is 7.27. The number of amides is 1. The van der Waals surface area contributed by atoms with Crippen LogP contribution in [0, 0.1) is 13.8 Å². The molecular formula is C33H30ClN3OS. The summed E-state index contributed by atoms with van der Waals surface area (Å²) < 4.78 is 2.24. The van der Waals surface area contributed by atoms with Gasteiger partial charge in [0.1, 0.15) is 5.00 Å². The molecule has 2 heterocycles. The van der Waals surface area contributed by atoms with Crippen LogP contribution >= 0.6 is 22.9 Å². The van der Waals surface area contributed by atoms with Gasteiger partial charge in [-0.1, -0.05) is 48.0 Å². The van der Waals surface area contributed by atoms with Gasteiger partial charge in [-0.3, -0.25) is 4.79 Å². The van der Waals surface area contributed by atoms with E-state index in [1.165, 1.54) is 16.0 Å². The maximum Gasteiger partial charge on any atom is 0.259 e. The molecule has 2 aromatic heterocycles. The van der Waals surface area contributed by atoms with E-state index in [4.69, 9.17) is 16.6 Å². The van der Waals surface area contributed by atoms with Crippen LogP contribution in [0.1, 0.15) is 55.9 Å². The minimum absolute atomic E-state index is 0.0725. The molecule has 1 aliphatic carbocycles. The Balaban J connectivity index is 1.35. The lowest BCUT2D eigenvalue weighted by Crippen LogP contribution is -2.15. The minimum atomic E-state index is -0.0725. The molecule has 0 fully saturated rings. The minimum Gasteiger partial charge on any atom is -0.342 e. The molecule has 0 aliphatic heterocycles. The average Bonchev–Trinajstić information content (AvgIpc) is 3.46. The Morgan fingerprint density at radius 1 is 1.03 bits per heavy atom. The number of rotatable bonds is 6. The molecule has 0 atom stereocenters. The van der Waals surface area contributed by atoms with Gasteiger partial charge in [-0.15, -0.1) is 11.3 Å². The Morgan fingerprint density at radius 3 is 2.56 bits per heavy atom. The van der Waals surface area contributed by atoms with Crippen LogP contribution in [-0.2, 0) is 19.4 Å². The molecule has 1 N–H and O–H groups in total. The molecule has 1 amide bonds. The van der Waals surface area contributed by atoms with E-state index in [2.05, 4.69) is 58.5 Å². The lowest BCUT2D eigenvalue weighted by molar-refractivity contribution is 0.102. The van der Waals surface area contributed by atoms with Crippen molar-refractivity contribution < 1.29 is 4.79 Å². The number of carbonyl (C=O) groups excluding carboxylic acids is 1. The molecule has 6 heteroatoms. The summed E-state index contributed by atoms with van der Waals surface area (Å²) in [5, 5.41) is 5.82. The summed E-state index contributed by atoms with van der Waals surface area (Å²) in [7, 11) is 0. The van der Waals surface area contributed by atoms with Crippen molar-refractivity contribution in [2.45, 2.75) is 46.1 Å². The van der Waals surface area contributed by atoms with Gasteiger partial charge in [0.15, 0.2) is 0 Å². The number of carbonyl (C=O) groups is 1. The second-order valence-electron chi connectivity index (χ2n) is 10.3. The number of nitrogens with zero attached hydrogens (tertiary/aromatic N) is 2. The number of halogens is 1. The molecule has 0 bridgehead atoms. The second-order valence-corrected chi connectivity index (χ2v) is 11.9. The largest absolute Gasteiger partial charge is 0.342 e. The fourth-order valence-corrected chi connectivity index (χ4v) is 6.90. The molecule has 3 aromatic carbocycles. The van der Waals surface area contributed by atoms with E-state index in [1.54, 1.807) is 11.3 Å². The third kappa shape index (κ3) is 5.42. The van der Waals surface area contributed by atoms with E-state index >= 15 is 0 Å². The van der Waals surface area contributed by atoms with Crippen LogP contribution in [-0.4, -0.2) is 16.7 Å². The summed E-state index contributed by atoms with van der Waals surface area (Å²) in [6, 6.07) is 22.5. The van der Waals surface area contributed by atoms with Crippen molar-refractivity contribution in [3.8, 4) is 0 Å². The smallest absolute Gasteiger partial charge is 0.259 e. The van der Waals surface area contributed by atoms with Gasteiger partial charge in [0.05, 0.1) is 5.56 Å².